The highest BCUT2D eigenvalue weighted by atomic mass is 15.1. The van der Waals surface area contributed by atoms with E-state index in [0.29, 0.717) is 0 Å². The van der Waals surface area contributed by atoms with Gasteiger partial charge in [0.2, 0.25) is 0 Å². The van der Waals surface area contributed by atoms with E-state index in [-0.39, 0.29) is 0 Å². The zero-order valence-corrected chi connectivity index (χ0v) is 11.6. The fourth-order valence-corrected chi connectivity index (χ4v) is 2.41. The molecule has 0 aromatic heterocycles. The molecular formula is C14H30N2. The lowest BCUT2D eigenvalue weighted by molar-refractivity contribution is 0.187. The van der Waals surface area contributed by atoms with Gasteiger partial charge in [-0.15, -0.1) is 0 Å². The van der Waals surface area contributed by atoms with Gasteiger partial charge in [-0.1, -0.05) is 27.2 Å². The molecule has 1 atom stereocenters. The molecule has 0 radical (unpaired) electrons. The summed E-state index contributed by atoms with van der Waals surface area (Å²) in [6.07, 6.45) is 4.39. The van der Waals surface area contributed by atoms with Crippen LogP contribution in [0.5, 0.6) is 0 Å². The van der Waals surface area contributed by atoms with E-state index in [0.717, 1.165) is 30.8 Å². The normalized spacial score (nSPS) is 19.1. The summed E-state index contributed by atoms with van der Waals surface area (Å²) in [7, 11) is 2.28. The Hall–Kier alpha value is -0.0800. The van der Waals surface area contributed by atoms with Gasteiger partial charge in [-0.25, -0.2) is 0 Å². The zero-order chi connectivity index (χ0) is 12.0. The Labute approximate surface area is 102 Å². The Morgan fingerprint density at radius 3 is 2.38 bits per heavy atom. The summed E-state index contributed by atoms with van der Waals surface area (Å²) in [5.41, 5.74) is 0. The summed E-state index contributed by atoms with van der Waals surface area (Å²) in [5, 5.41) is 3.54. The summed E-state index contributed by atoms with van der Waals surface area (Å²) >= 11 is 0. The summed E-state index contributed by atoms with van der Waals surface area (Å²) in [6, 6.07) is 0. The van der Waals surface area contributed by atoms with Crippen LogP contribution in [0.4, 0.5) is 0 Å². The fourth-order valence-electron chi connectivity index (χ4n) is 2.41. The lowest BCUT2D eigenvalue weighted by atomic mass is 9.85. The maximum Gasteiger partial charge on any atom is 0.00162 e. The molecule has 0 aromatic carbocycles. The number of nitrogens with one attached hydrogen (secondary N) is 1. The largest absolute Gasteiger partial charge is 0.316 e. The van der Waals surface area contributed by atoms with Gasteiger partial charge in [0.1, 0.15) is 0 Å². The number of rotatable bonds is 8. The highest BCUT2D eigenvalue weighted by Gasteiger charge is 2.19. The molecule has 0 heterocycles. The molecule has 2 heteroatoms. The average Bonchev–Trinajstić information content (AvgIpc) is 2.10. The first-order valence-corrected chi connectivity index (χ1v) is 6.97. The van der Waals surface area contributed by atoms with Crippen molar-refractivity contribution in [2.24, 2.45) is 17.8 Å². The molecule has 1 fully saturated rings. The van der Waals surface area contributed by atoms with Gasteiger partial charge in [0.05, 0.1) is 0 Å². The summed E-state index contributed by atoms with van der Waals surface area (Å²) < 4.78 is 0. The molecule has 0 saturated heterocycles. The Kier molecular flexibility index (Phi) is 6.37. The van der Waals surface area contributed by atoms with Crippen LogP contribution >= 0.6 is 0 Å². The first-order chi connectivity index (χ1) is 7.58. The van der Waals surface area contributed by atoms with Crippen LogP contribution in [0.25, 0.3) is 0 Å². The number of hydrogen-bond acceptors (Lipinski definition) is 2. The molecule has 96 valence electrons. The van der Waals surface area contributed by atoms with Crippen LogP contribution in [0, 0.1) is 17.8 Å². The van der Waals surface area contributed by atoms with Crippen molar-refractivity contribution in [2.45, 2.75) is 40.0 Å². The van der Waals surface area contributed by atoms with Gasteiger partial charge in [0.25, 0.3) is 0 Å². The standard InChI is InChI=1S/C14H30N2/c1-12(2)8-15-9-13(3)10-16(4)11-14-6-5-7-14/h12-15H,5-11H2,1-4H3. The van der Waals surface area contributed by atoms with Crippen LogP contribution in [-0.2, 0) is 0 Å². The van der Waals surface area contributed by atoms with Crippen LogP contribution in [0.3, 0.4) is 0 Å². The van der Waals surface area contributed by atoms with E-state index in [1.54, 1.807) is 0 Å². The van der Waals surface area contributed by atoms with Gasteiger partial charge in [-0.05, 0) is 50.7 Å². The van der Waals surface area contributed by atoms with Crippen LogP contribution in [0.2, 0.25) is 0 Å². The van der Waals surface area contributed by atoms with Crippen molar-refractivity contribution in [1.29, 1.82) is 0 Å². The molecule has 0 aliphatic heterocycles. The average molecular weight is 226 g/mol. The summed E-state index contributed by atoms with van der Waals surface area (Å²) in [6.45, 7) is 11.7. The Balaban J connectivity index is 2.00. The smallest absolute Gasteiger partial charge is 0.00162 e. The zero-order valence-electron chi connectivity index (χ0n) is 11.6. The number of nitrogens with zero attached hydrogens (tertiary/aromatic N) is 1. The predicted molar refractivity (Wildman–Crippen MR) is 71.7 cm³/mol. The van der Waals surface area contributed by atoms with Crippen molar-refractivity contribution in [3.8, 4) is 0 Å². The molecule has 1 rings (SSSR count). The molecule has 1 N–H and O–H groups in total. The molecule has 1 saturated carbocycles. The van der Waals surface area contributed by atoms with E-state index in [1.165, 1.54) is 32.4 Å². The molecule has 1 aliphatic rings. The second-order valence-corrected chi connectivity index (χ2v) is 6.18. The van der Waals surface area contributed by atoms with Crippen molar-refractivity contribution < 1.29 is 0 Å². The van der Waals surface area contributed by atoms with Crippen LogP contribution in [0.15, 0.2) is 0 Å². The number of hydrogen-bond donors (Lipinski definition) is 1. The monoisotopic (exact) mass is 226 g/mol. The molecular weight excluding hydrogens is 196 g/mol. The predicted octanol–water partition coefficient (Wildman–Crippen LogP) is 2.60. The van der Waals surface area contributed by atoms with Crippen molar-refractivity contribution in [1.82, 2.24) is 10.2 Å². The minimum atomic E-state index is 0.764. The van der Waals surface area contributed by atoms with Gasteiger partial charge in [0, 0.05) is 13.1 Å². The molecule has 0 aromatic rings. The first kappa shape index (κ1) is 14.0. The van der Waals surface area contributed by atoms with Gasteiger partial charge in [0.15, 0.2) is 0 Å². The van der Waals surface area contributed by atoms with E-state index < -0.39 is 0 Å². The molecule has 1 aliphatic carbocycles. The second-order valence-electron chi connectivity index (χ2n) is 6.18. The minimum absolute atomic E-state index is 0.764. The molecule has 0 spiro atoms. The Morgan fingerprint density at radius 2 is 1.88 bits per heavy atom. The quantitative estimate of drug-likeness (QED) is 0.684. The van der Waals surface area contributed by atoms with E-state index in [9.17, 15) is 0 Å². The van der Waals surface area contributed by atoms with Crippen LogP contribution in [0.1, 0.15) is 40.0 Å². The van der Waals surface area contributed by atoms with Crippen molar-refractivity contribution in [3.05, 3.63) is 0 Å². The second kappa shape index (κ2) is 7.29. The molecule has 2 nitrogen and oxygen atoms in total. The first-order valence-electron chi connectivity index (χ1n) is 6.97. The lowest BCUT2D eigenvalue weighted by Crippen LogP contribution is -2.36. The lowest BCUT2D eigenvalue weighted by Gasteiger charge is -2.31. The maximum atomic E-state index is 3.54. The molecule has 16 heavy (non-hydrogen) atoms. The van der Waals surface area contributed by atoms with Gasteiger partial charge >= 0.3 is 0 Å². The Morgan fingerprint density at radius 1 is 1.19 bits per heavy atom. The highest BCUT2D eigenvalue weighted by Crippen LogP contribution is 2.26. The van der Waals surface area contributed by atoms with E-state index >= 15 is 0 Å². The maximum absolute atomic E-state index is 3.54. The van der Waals surface area contributed by atoms with Gasteiger partial charge in [-0.2, -0.15) is 0 Å². The molecule has 0 amide bonds. The van der Waals surface area contributed by atoms with Crippen molar-refractivity contribution in [3.63, 3.8) is 0 Å². The minimum Gasteiger partial charge on any atom is -0.316 e. The topological polar surface area (TPSA) is 15.3 Å². The van der Waals surface area contributed by atoms with Gasteiger partial charge < -0.3 is 10.2 Å². The van der Waals surface area contributed by atoms with E-state index in [2.05, 4.69) is 38.0 Å². The molecule has 1 unspecified atom stereocenters. The van der Waals surface area contributed by atoms with E-state index in [4.69, 9.17) is 0 Å². The third kappa shape index (κ3) is 5.86. The van der Waals surface area contributed by atoms with Gasteiger partial charge in [-0.3, -0.25) is 0 Å². The summed E-state index contributed by atoms with van der Waals surface area (Å²) in [4.78, 5) is 2.52. The van der Waals surface area contributed by atoms with Crippen molar-refractivity contribution in [2.75, 3.05) is 33.2 Å². The fraction of sp³-hybridized carbons (Fsp3) is 1.00. The molecule has 0 bridgehead atoms. The van der Waals surface area contributed by atoms with E-state index in [1.807, 2.05) is 0 Å². The van der Waals surface area contributed by atoms with Crippen molar-refractivity contribution >= 4 is 0 Å². The van der Waals surface area contributed by atoms with Crippen LogP contribution in [-0.4, -0.2) is 38.1 Å². The van der Waals surface area contributed by atoms with Crippen LogP contribution < -0.4 is 5.32 Å². The summed E-state index contributed by atoms with van der Waals surface area (Å²) in [5.74, 6) is 2.53. The third-order valence-electron chi connectivity index (χ3n) is 3.46. The SMILES string of the molecule is CC(C)CNCC(C)CN(C)CC1CCC1. The Bertz CT molecular complexity index is 176. The third-order valence-corrected chi connectivity index (χ3v) is 3.46. The highest BCUT2D eigenvalue weighted by molar-refractivity contribution is 4.73.